The van der Waals surface area contributed by atoms with Crippen LogP contribution in [0.1, 0.15) is 28.6 Å². The van der Waals surface area contributed by atoms with Crippen LogP contribution in [0.2, 0.25) is 0 Å². The van der Waals surface area contributed by atoms with E-state index in [4.69, 9.17) is 0 Å². The van der Waals surface area contributed by atoms with E-state index in [1.165, 1.54) is 16.9 Å². The highest BCUT2D eigenvalue weighted by atomic mass is 32.1. The maximum absolute atomic E-state index is 12.2. The minimum absolute atomic E-state index is 0.160. The molecular formula is C19H22N4O3S. The smallest absolute Gasteiger partial charge is 0.261 e. The van der Waals surface area contributed by atoms with E-state index in [-0.39, 0.29) is 18.4 Å². The van der Waals surface area contributed by atoms with Crippen molar-refractivity contribution in [2.45, 2.75) is 25.8 Å². The van der Waals surface area contributed by atoms with E-state index in [1.54, 1.807) is 24.4 Å². The topological polar surface area (TPSA) is 90.5 Å². The molecule has 0 fully saturated rings. The molecule has 0 bridgehead atoms. The van der Waals surface area contributed by atoms with Gasteiger partial charge in [0.15, 0.2) is 0 Å². The van der Waals surface area contributed by atoms with Gasteiger partial charge in [-0.2, -0.15) is 0 Å². The van der Waals surface area contributed by atoms with Gasteiger partial charge in [0.2, 0.25) is 0 Å². The first-order valence-electron chi connectivity index (χ1n) is 8.80. The molecule has 0 spiro atoms. The Morgan fingerprint density at radius 2 is 1.96 bits per heavy atom. The highest BCUT2D eigenvalue weighted by molar-refractivity contribution is 7.12. The number of hydrogen-bond donors (Lipinski definition) is 3. The number of carbonyl (C=O) groups excluding carboxylic acids is 3. The number of anilines is 1. The van der Waals surface area contributed by atoms with Crippen LogP contribution in [0.3, 0.4) is 0 Å². The molecule has 7 nitrogen and oxygen atoms in total. The lowest BCUT2D eigenvalue weighted by Crippen LogP contribution is -2.53. The van der Waals surface area contributed by atoms with Crippen LogP contribution in [0.15, 0.2) is 41.8 Å². The Labute approximate surface area is 161 Å². The van der Waals surface area contributed by atoms with E-state index in [0.29, 0.717) is 4.88 Å². The SMILES string of the molecule is CC(NC(=O)c1cccs1)C(=O)NNC(=O)CN1CCCc2ccccc21. The molecule has 1 aromatic heterocycles. The Morgan fingerprint density at radius 3 is 2.74 bits per heavy atom. The van der Waals surface area contributed by atoms with Crippen LogP contribution < -0.4 is 21.1 Å². The molecule has 2 aromatic rings. The van der Waals surface area contributed by atoms with E-state index < -0.39 is 11.9 Å². The number of para-hydroxylation sites is 1. The summed E-state index contributed by atoms with van der Waals surface area (Å²) in [6, 6.07) is 10.7. The summed E-state index contributed by atoms with van der Waals surface area (Å²) in [6.45, 7) is 2.52. The van der Waals surface area contributed by atoms with E-state index in [2.05, 4.69) is 22.2 Å². The third-order valence-corrected chi connectivity index (χ3v) is 5.22. The van der Waals surface area contributed by atoms with Crippen LogP contribution in [0.4, 0.5) is 5.69 Å². The summed E-state index contributed by atoms with van der Waals surface area (Å²) in [5.74, 6) is -1.10. The quantitative estimate of drug-likeness (QED) is 0.679. The molecule has 1 aliphatic heterocycles. The van der Waals surface area contributed by atoms with Gasteiger partial charge in [0.25, 0.3) is 17.7 Å². The average molecular weight is 386 g/mol. The molecule has 27 heavy (non-hydrogen) atoms. The summed E-state index contributed by atoms with van der Waals surface area (Å²) < 4.78 is 0. The van der Waals surface area contributed by atoms with Crippen molar-refractivity contribution in [3.8, 4) is 0 Å². The number of rotatable bonds is 5. The van der Waals surface area contributed by atoms with Crippen molar-refractivity contribution in [2.24, 2.45) is 0 Å². The maximum Gasteiger partial charge on any atom is 0.261 e. The first-order chi connectivity index (χ1) is 13.0. The van der Waals surface area contributed by atoms with Crippen LogP contribution in [0.5, 0.6) is 0 Å². The van der Waals surface area contributed by atoms with Gasteiger partial charge in [-0.25, -0.2) is 0 Å². The first-order valence-corrected chi connectivity index (χ1v) is 9.68. The predicted octanol–water partition coefficient (Wildman–Crippen LogP) is 1.47. The van der Waals surface area contributed by atoms with Gasteiger partial charge in [-0.15, -0.1) is 11.3 Å². The van der Waals surface area contributed by atoms with Gasteiger partial charge in [0.05, 0.1) is 11.4 Å². The lowest BCUT2D eigenvalue weighted by molar-refractivity contribution is -0.129. The normalized spacial score (nSPS) is 14.0. The molecule has 1 aromatic carbocycles. The number of aryl methyl sites for hydroxylation is 1. The van der Waals surface area contributed by atoms with E-state index in [1.807, 2.05) is 23.1 Å². The van der Waals surface area contributed by atoms with Crippen molar-refractivity contribution in [3.05, 3.63) is 52.2 Å². The molecule has 0 saturated heterocycles. The second kappa shape index (κ2) is 8.68. The number of nitrogens with one attached hydrogen (secondary N) is 3. The third kappa shape index (κ3) is 4.85. The standard InChI is InChI=1S/C19H22N4O3S/c1-13(20-19(26)16-9-5-11-27-16)18(25)22-21-17(24)12-23-10-4-7-14-6-2-3-8-15(14)23/h2-3,5-6,8-9,11,13H,4,7,10,12H2,1H3,(H,20,26)(H,21,24)(H,22,25). The molecule has 8 heteroatoms. The zero-order valence-electron chi connectivity index (χ0n) is 15.0. The van der Waals surface area contributed by atoms with Gasteiger partial charge in [0.1, 0.15) is 6.04 Å². The minimum Gasteiger partial charge on any atom is -0.362 e. The zero-order chi connectivity index (χ0) is 19.2. The fourth-order valence-corrected chi connectivity index (χ4v) is 3.60. The van der Waals surface area contributed by atoms with Crippen molar-refractivity contribution < 1.29 is 14.4 Å². The third-order valence-electron chi connectivity index (χ3n) is 4.35. The highest BCUT2D eigenvalue weighted by Crippen LogP contribution is 2.26. The lowest BCUT2D eigenvalue weighted by Gasteiger charge is -2.30. The Bertz CT molecular complexity index is 822. The molecular weight excluding hydrogens is 364 g/mol. The second-order valence-corrected chi connectivity index (χ2v) is 7.31. The number of hydrazine groups is 1. The van der Waals surface area contributed by atoms with Crippen molar-refractivity contribution in [3.63, 3.8) is 0 Å². The van der Waals surface area contributed by atoms with E-state index >= 15 is 0 Å². The van der Waals surface area contributed by atoms with Gasteiger partial charge >= 0.3 is 0 Å². The molecule has 1 unspecified atom stereocenters. The summed E-state index contributed by atoms with van der Waals surface area (Å²) in [7, 11) is 0. The summed E-state index contributed by atoms with van der Waals surface area (Å²) in [5, 5.41) is 4.39. The van der Waals surface area contributed by atoms with Gasteiger partial charge in [-0.1, -0.05) is 24.3 Å². The van der Waals surface area contributed by atoms with Crippen LogP contribution >= 0.6 is 11.3 Å². The number of amides is 3. The predicted molar refractivity (Wildman–Crippen MR) is 105 cm³/mol. The molecule has 0 radical (unpaired) electrons. The van der Waals surface area contributed by atoms with Crippen LogP contribution in [0.25, 0.3) is 0 Å². The minimum atomic E-state index is -0.768. The van der Waals surface area contributed by atoms with Crippen molar-refractivity contribution >= 4 is 34.7 Å². The lowest BCUT2D eigenvalue weighted by atomic mass is 10.0. The zero-order valence-corrected chi connectivity index (χ0v) is 15.8. The largest absolute Gasteiger partial charge is 0.362 e. The van der Waals surface area contributed by atoms with Gasteiger partial charge < -0.3 is 10.2 Å². The summed E-state index contributed by atoms with van der Waals surface area (Å²) in [4.78, 5) is 38.8. The number of benzene rings is 1. The van der Waals surface area contributed by atoms with Gasteiger partial charge in [-0.3, -0.25) is 25.2 Å². The van der Waals surface area contributed by atoms with Gasteiger partial charge in [0, 0.05) is 12.2 Å². The number of hydrogen-bond acceptors (Lipinski definition) is 5. The Kier molecular flexibility index (Phi) is 6.08. The Morgan fingerprint density at radius 1 is 1.15 bits per heavy atom. The molecule has 1 aliphatic rings. The van der Waals surface area contributed by atoms with Crippen LogP contribution in [-0.2, 0) is 16.0 Å². The molecule has 0 aliphatic carbocycles. The summed E-state index contributed by atoms with van der Waals surface area (Å²) in [6.07, 6.45) is 1.99. The Balaban J connectivity index is 1.46. The number of carbonyl (C=O) groups is 3. The van der Waals surface area contributed by atoms with Crippen molar-refractivity contribution in [2.75, 3.05) is 18.0 Å². The van der Waals surface area contributed by atoms with Crippen molar-refractivity contribution in [1.29, 1.82) is 0 Å². The van der Waals surface area contributed by atoms with Crippen molar-refractivity contribution in [1.82, 2.24) is 16.2 Å². The molecule has 3 amide bonds. The fraction of sp³-hybridized carbons (Fsp3) is 0.316. The highest BCUT2D eigenvalue weighted by Gasteiger charge is 2.20. The number of fused-ring (bicyclic) bond motifs is 1. The number of nitrogens with zero attached hydrogens (tertiary/aromatic N) is 1. The monoisotopic (exact) mass is 386 g/mol. The average Bonchev–Trinajstić information content (AvgIpc) is 3.21. The fourth-order valence-electron chi connectivity index (χ4n) is 2.97. The summed E-state index contributed by atoms with van der Waals surface area (Å²) in [5.41, 5.74) is 7.08. The summed E-state index contributed by atoms with van der Waals surface area (Å²) >= 11 is 1.30. The second-order valence-electron chi connectivity index (χ2n) is 6.36. The van der Waals surface area contributed by atoms with E-state index in [0.717, 1.165) is 25.1 Å². The van der Waals surface area contributed by atoms with Gasteiger partial charge in [-0.05, 0) is 42.8 Å². The molecule has 142 valence electrons. The molecule has 3 rings (SSSR count). The molecule has 3 N–H and O–H groups in total. The number of thiophene rings is 1. The molecule has 1 atom stereocenters. The van der Waals surface area contributed by atoms with Crippen LogP contribution in [0, 0.1) is 0 Å². The maximum atomic E-state index is 12.2. The Hall–Kier alpha value is -2.87. The first kappa shape index (κ1) is 18.9. The molecule has 2 heterocycles. The van der Waals surface area contributed by atoms with E-state index in [9.17, 15) is 14.4 Å². The molecule has 0 saturated carbocycles. The van der Waals surface area contributed by atoms with Crippen LogP contribution in [-0.4, -0.2) is 36.9 Å².